The van der Waals surface area contributed by atoms with E-state index in [9.17, 15) is 4.79 Å². The zero-order valence-corrected chi connectivity index (χ0v) is 7.66. The van der Waals surface area contributed by atoms with E-state index in [1.54, 1.807) is 6.20 Å². The van der Waals surface area contributed by atoms with Crippen molar-refractivity contribution in [1.29, 1.82) is 0 Å². The third-order valence-electron chi connectivity index (χ3n) is 1.98. The second-order valence-electron chi connectivity index (χ2n) is 3.11. The van der Waals surface area contributed by atoms with Gasteiger partial charge < -0.3 is 4.79 Å². The van der Waals surface area contributed by atoms with E-state index in [2.05, 4.69) is 4.98 Å². The number of aryl methyl sites for hydroxylation is 2. The number of aromatic nitrogens is 1. The number of nitrogens with zero attached hydrogens (tertiary/aromatic N) is 1. The molecule has 2 nitrogen and oxygen atoms in total. The Kier molecular flexibility index (Phi) is 2.58. The molecule has 1 heterocycles. The quantitative estimate of drug-likeness (QED) is 0.624. The molecule has 1 atom stereocenters. The maximum absolute atomic E-state index is 10.5. The van der Waals surface area contributed by atoms with Crippen LogP contribution in [0.4, 0.5) is 0 Å². The van der Waals surface area contributed by atoms with Gasteiger partial charge in [-0.15, -0.1) is 0 Å². The van der Waals surface area contributed by atoms with E-state index >= 15 is 0 Å². The number of aldehydes is 1. The molecule has 0 N–H and O–H groups in total. The third kappa shape index (κ3) is 1.70. The fourth-order valence-corrected chi connectivity index (χ4v) is 1.26. The summed E-state index contributed by atoms with van der Waals surface area (Å²) in [4.78, 5) is 14.7. The Morgan fingerprint density at radius 3 is 2.67 bits per heavy atom. The molecule has 0 bridgehead atoms. The van der Waals surface area contributed by atoms with Crippen LogP contribution < -0.4 is 0 Å². The lowest BCUT2D eigenvalue weighted by Crippen LogP contribution is -1.99. The molecular formula is C10H13NO. The summed E-state index contributed by atoms with van der Waals surface area (Å²) in [7, 11) is 0. The molecule has 0 saturated heterocycles. The van der Waals surface area contributed by atoms with Crippen LogP contribution in [0.3, 0.4) is 0 Å². The van der Waals surface area contributed by atoms with Gasteiger partial charge >= 0.3 is 0 Å². The van der Waals surface area contributed by atoms with Crippen LogP contribution in [0.15, 0.2) is 12.3 Å². The molecule has 0 amide bonds. The summed E-state index contributed by atoms with van der Waals surface area (Å²) in [6, 6.07) is 2.00. The predicted octanol–water partition coefficient (Wildman–Crippen LogP) is 2.00. The molecule has 1 rings (SSSR count). The summed E-state index contributed by atoms with van der Waals surface area (Å²) in [5, 5.41) is 0. The molecule has 1 aromatic heterocycles. The van der Waals surface area contributed by atoms with Crippen molar-refractivity contribution in [3.05, 3.63) is 29.1 Å². The van der Waals surface area contributed by atoms with Crippen LogP contribution >= 0.6 is 0 Å². The number of hydrogen-bond donors (Lipinski definition) is 0. The molecule has 0 radical (unpaired) electrons. The Bertz CT molecular complexity index is 294. The molecule has 64 valence electrons. The lowest BCUT2D eigenvalue weighted by Gasteiger charge is -2.07. The van der Waals surface area contributed by atoms with Gasteiger partial charge in [0.05, 0.1) is 0 Å². The van der Waals surface area contributed by atoms with Gasteiger partial charge in [-0.1, -0.05) is 6.92 Å². The van der Waals surface area contributed by atoms with Crippen molar-refractivity contribution < 1.29 is 4.79 Å². The molecule has 2 heteroatoms. The summed E-state index contributed by atoms with van der Waals surface area (Å²) >= 11 is 0. The Labute approximate surface area is 72.6 Å². The number of pyridine rings is 1. The molecule has 0 fully saturated rings. The largest absolute Gasteiger partial charge is 0.303 e. The molecule has 0 aliphatic heterocycles. The highest BCUT2D eigenvalue weighted by atomic mass is 16.1. The van der Waals surface area contributed by atoms with E-state index < -0.39 is 0 Å². The van der Waals surface area contributed by atoms with Crippen LogP contribution in [0.25, 0.3) is 0 Å². The third-order valence-corrected chi connectivity index (χ3v) is 1.98. The van der Waals surface area contributed by atoms with Crippen molar-refractivity contribution in [1.82, 2.24) is 4.98 Å². The Balaban J connectivity index is 3.09. The van der Waals surface area contributed by atoms with Gasteiger partial charge in [-0.05, 0) is 31.0 Å². The summed E-state index contributed by atoms with van der Waals surface area (Å²) in [6.07, 6.45) is 2.73. The van der Waals surface area contributed by atoms with Crippen LogP contribution in [0.2, 0.25) is 0 Å². The molecule has 0 aliphatic carbocycles. The van der Waals surface area contributed by atoms with Gasteiger partial charge in [0, 0.05) is 17.8 Å². The zero-order chi connectivity index (χ0) is 9.14. The van der Waals surface area contributed by atoms with E-state index in [1.165, 1.54) is 0 Å². The molecule has 0 aromatic carbocycles. The molecule has 0 aliphatic rings. The maximum atomic E-state index is 10.5. The fourth-order valence-electron chi connectivity index (χ4n) is 1.26. The minimum Gasteiger partial charge on any atom is -0.303 e. The molecule has 1 aromatic rings. The smallest absolute Gasteiger partial charge is 0.127 e. The topological polar surface area (TPSA) is 30.0 Å². The van der Waals surface area contributed by atoms with E-state index in [4.69, 9.17) is 0 Å². The monoisotopic (exact) mass is 163 g/mol. The first-order valence-corrected chi connectivity index (χ1v) is 4.03. The number of hydrogen-bond acceptors (Lipinski definition) is 2. The van der Waals surface area contributed by atoms with Crippen molar-refractivity contribution in [3.63, 3.8) is 0 Å². The van der Waals surface area contributed by atoms with Gasteiger partial charge in [0.25, 0.3) is 0 Å². The van der Waals surface area contributed by atoms with Crippen molar-refractivity contribution in [2.24, 2.45) is 0 Å². The van der Waals surface area contributed by atoms with Gasteiger partial charge in [-0.25, -0.2) is 0 Å². The first-order chi connectivity index (χ1) is 5.65. The minimum absolute atomic E-state index is 0.0434. The number of rotatable bonds is 2. The van der Waals surface area contributed by atoms with Crippen LogP contribution in [0.5, 0.6) is 0 Å². The standard InChI is InChI=1S/C10H13NO/c1-7-4-9(3)11-5-10(7)8(2)6-12/h4-6,8H,1-3H3. The molecule has 0 saturated carbocycles. The van der Waals surface area contributed by atoms with Gasteiger partial charge in [0.2, 0.25) is 0 Å². The second kappa shape index (κ2) is 3.48. The van der Waals surface area contributed by atoms with Gasteiger partial charge in [-0.2, -0.15) is 0 Å². The van der Waals surface area contributed by atoms with Gasteiger partial charge in [0.15, 0.2) is 0 Å². The van der Waals surface area contributed by atoms with E-state index in [0.29, 0.717) is 0 Å². The average molecular weight is 163 g/mol. The Hall–Kier alpha value is -1.18. The maximum Gasteiger partial charge on any atom is 0.127 e. The highest BCUT2D eigenvalue weighted by molar-refractivity contribution is 5.62. The summed E-state index contributed by atoms with van der Waals surface area (Å²) < 4.78 is 0. The molecule has 12 heavy (non-hydrogen) atoms. The molecule has 1 unspecified atom stereocenters. The number of carbonyl (C=O) groups excluding carboxylic acids is 1. The molecule has 0 spiro atoms. The SMILES string of the molecule is Cc1cc(C)c(C(C)C=O)cn1. The van der Waals surface area contributed by atoms with Gasteiger partial charge in [0.1, 0.15) is 6.29 Å². The summed E-state index contributed by atoms with van der Waals surface area (Å²) in [5.41, 5.74) is 3.16. The molecular weight excluding hydrogens is 150 g/mol. The van der Waals surface area contributed by atoms with E-state index in [-0.39, 0.29) is 5.92 Å². The van der Waals surface area contributed by atoms with Crippen LogP contribution in [0.1, 0.15) is 29.7 Å². The lowest BCUT2D eigenvalue weighted by atomic mass is 10.00. The van der Waals surface area contributed by atoms with Gasteiger partial charge in [-0.3, -0.25) is 4.98 Å². The van der Waals surface area contributed by atoms with Crippen LogP contribution in [-0.2, 0) is 4.79 Å². The minimum atomic E-state index is -0.0434. The first-order valence-electron chi connectivity index (χ1n) is 4.03. The zero-order valence-electron chi connectivity index (χ0n) is 7.66. The summed E-state index contributed by atoms with van der Waals surface area (Å²) in [5.74, 6) is -0.0434. The number of carbonyl (C=O) groups is 1. The highest BCUT2D eigenvalue weighted by Gasteiger charge is 2.06. The lowest BCUT2D eigenvalue weighted by molar-refractivity contribution is -0.108. The summed E-state index contributed by atoms with van der Waals surface area (Å²) in [6.45, 7) is 5.83. The second-order valence-corrected chi connectivity index (χ2v) is 3.11. The van der Waals surface area contributed by atoms with Crippen molar-refractivity contribution in [3.8, 4) is 0 Å². The van der Waals surface area contributed by atoms with Crippen molar-refractivity contribution >= 4 is 6.29 Å². The van der Waals surface area contributed by atoms with Crippen molar-refractivity contribution in [2.75, 3.05) is 0 Å². The van der Waals surface area contributed by atoms with Crippen molar-refractivity contribution in [2.45, 2.75) is 26.7 Å². The average Bonchev–Trinajstić information content (AvgIpc) is 2.03. The highest BCUT2D eigenvalue weighted by Crippen LogP contribution is 2.16. The van der Waals surface area contributed by atoms with E-state index in [0.717, 1.165) is 23.1 Å². The Morgan fingerprint density at radius 1 is 1.50 bits per heavy atom. The van der Waals surface area contributed by atoms with Crippen LogP contribution in [0, 0.1) is 13.8 Å². The normalized spacial score (nSPS) is 12.6. The van der Waals surface area contributed by atoms with Crippen LogP contribution in [-0.4, -0.2) is 11.3 Å². The predicted molar refractivity (Wildman–Crippen MR) is 48.2 cm³/mol. The first kappa shape index (κ1) is 8.91. The Morgan fingerprint density at radius 2 is 2.17 bits per heavy atom. The van der Waals surface area contributed by atoms with E-state index in [1.807, 2.05) is 26.8 Å². The fraction of sp³-hybridized carbons (Fsp3) is 0.400.